The van der Waals surface area contributed by atoms with Crippen LogP contribution in [0.2, 0.25) is 0 Å². The summed E-state index contributed by atoms with van der Waals surface area (Å²) in [4.78, 5) is 10.4. The lowest BCUT2D eigenvalue weighted by Gasteiger charge is -2.18. The molecule has 2 rings (SSSR count). The highest BCUT2D eigenvalue weighted by molar-refractivity contribution is 5.75. The lowest BCUT2D eigenvalue weighted by Crippen LogP contribution is -2.31. The molecule has 24 heavy (non-hydrogen) atoms. The molecular formula is C16H14O8. The Balaban J connectivity index is 2.03. The summed E-state index contributed by atoms with van der Waals surface area (Å²) in [6.45, 7) is -0.353. The lowest BCUT2D eigenvalue weighted by atomic mass is 10.3. The van der Waals surface area contributed by atoms with Crippen LogP contribution in [-0.2, 0) is 9.47 Å². The van der Waals surface area contributed by atoms with Gasteiger partial charge in [-0.2, -0.15) is 4.79 Å². The summed E-state index contributed by atoms with van der Waals surface area (Å²) >= 11 is 0. The molecule has 8 nitrogen and oxygen atoms in total. The average Bonchev–Trinajstić information content (AvgIpc) is 2.60. The second kappa shape index (κ2) is 8.89. The van der Waals surface area contributed by atoms with E-state index in [1.807, 2.05) is 12.1 Å². The minimum absolute atomic E-state index is 0.353. The maximum Gasteiger partial charge on any atom is 0.735 e. The fourth-order valence-corrected chi connectivity index (χ4v) is 1.67. The molecule has 0 spiro atoms. The average molecular weight is 334 g/mol. The molecule has 0 saturated heterocycles. The number of hydrogen-bond acceptors (Lipinski definition) is 6. The van der Waals surface area contributed by atoms with E-state index < -0.39 is 18.6 Å². The standard InChI is InChI=1S/C16H14O8/c17-15(18)23-16(24-19)20-11-14(21-12-7-3-1-4-8-12)22-13-9-5-2-6-10-13/h1-10,14H,11H2,(H,17,18). The Morgan fingerprint density at radius 1 is 1.00 bits per heavy atom. The summed E-state index contributed by atoms with van der Waals surface area (Å²) in [7, 11) is 0. The van der Waals surface area contributed by atoms with Gasteiger partial charge >= 0.3 is 12.3 Å². The van der Waals surface area contributed by atoms with E-state index in [0.717, 1.165) is 0 Å². The van der Waals surface area contributed by atoms with Crippen LogP contribution in [0, 0.1) is 0 Å². The normalized spacial score (nSPS) is 11.0. The predicted molar refractivity (Wildman–Crippen MR) is 78.4 cm³/mol. The van der Waals surface area contributed by atoms with Gasteiger partial charge in [0.1, 0.15) is 11.5 Å². The highest BCUT2D eigenvalue weighted by Crippen LogP contribution is 2.16. The molecule has 0 fully saturated rings. The van der Waals surface area contributed by atoms with Crippen molar-refractivity contribution in [2.24, 2.45) is 0 Å². The maximum absolute atomic E-state index is 10.4. The van der Waals surface area contributed by atoms with E-state index >= 15 is 0 Å². The topological polar surface area (TPSA) is 109 Å². The molecule has 0 aliphatic rings. The molecule has 0 aliphatic heterocycles. The molecular weight excluding hydrogens is 320 g/mol. The maximum atomic E-state index is 10.4. The second-order valence-corrected chi connectivity index (χ2v) is 4.30. The Hall–Kier alpha value is -3.42. The summed E-state index contributed by atoms with van der Waals surface area (Å²) in [6.07, 6.45) is -3.80. The minimum Gasteiger partial charge on any atom is -0.628 e. The number of hydrogen-bond donors (Lipinski definition) is 1. The first kappa shape index (κ1) is 16.9. The van der Waals surface area contributed by atoms with E-state index in [1.54, 1.807) is 48.5 Å². The third-order valence-electron chi connectivity index (χ3n) is 2.60. The van der Waals surface area contributed by atoms with Gasteiger partial charge in [-0.25, -0.2) is 4.74 Å². The minimum atomic E-state index is -1.75. The van der Waals surface area contributed by atoms with Gasteiger partial charge in [-0.1, -0.05) is 36.4 Å². The van der Waals surface area contributed by atoms with Crippen LogP contribution < -0.4 is 14.7 Å². The Bertz CT molecular complexity index is 615. The number of para-hydroxylation sites is 2. The summed E-state index contributed by atoms with van der Waals surface area (Å²) in [5.41, 5.74) is 0. The fraction of sp³-hybridized carbons (Fsp3) is 0.125. The summed E-state index contributed by atoms with van der Waals surface area (Å²) < 4.78 is 23.5. The zero-order valence-electron chi connectivity index (χ0n) is 12.4. The number of carbonyl (C=O) groups is 1. The molecule has 0 atom stereocenters. The molecule has 0 amide bonds. The van der Waals surface area contributed by atoms with Gasteiger partial charge in [0.05, 0.1) is 0 Å². The van der Waals surface area contributed by atoms with Gasteiger partial charge < -0.3 is 24.6 Å². The van der Waals surface area contributed by atoms with E-state index in [9.17, 15) is 10.1 Å². The summed E-state index contributed by atoms with van der Waals surface area (Å²) in [6, 6.07) is 17.5. The summed E-state index contributed by atoms with van der Waals surface area (Å²) in [5.74, 6) is 0.983. The van der Waals surface area contributed by atoms with Gasteiger partial charge in [0.25, 0.3) is 6.29 Å². The molecule has 126 valence electrons. The number of ether oxygens (including phenoxy) is 4. The Labute approximate surface area is 137 Å². The zero-order valence-corrected chi connectivity index (χ0v) is 12.4. The van der Waals surface area contributed by atoms with Crippen molar-refractivity contribution in [3.05, 3.63) is 60.7 Å². The van der Waals surface area contributed by atoms with Gasteiger partial charge in [-0.15, -0.1) is 0 Å². The van der Waals surface area contributed by atoms with Crippen LogP contribution in [0.1, 0.15) is 0 Å². The molecule has 0 saturated carbocycles. The molecule has 0 aliphatic carbocycles. The SMILES string of the molecule is O=C(O)OC(OCC(Oc1ccccc1)Oc1ccccc1)=[O+][O-]. The molecule has 2 aromatic carbocycles. The molecule has 0 radical (unpaired) electrons. The van der Waals surface area contributed by atoms with Crippen LogP contribution >= 0.6 is 0 Å². The molecule has 0 bridgehead atoms. The van der Waals surface area contributed by atoms with Crippen LogP contribution in [0.5, 0.6) is 11.5 Å². The van der Waals surface area contributed by atoms with Crippen LogP contribution in [0.15, 0.2) is 60.7 Å². The van der Waals surface area contributed by atoms with Crippen LogP contribution in [0.4, 0.5) is 9.37 Å². The Kier molecular flexibility index (Phi) is 6.27. The highest BCUT2D eigenvalue weighted by Gasteiger charge is 2.27. The van der Waals surface area contributed by atoms with Crippen molar-refractivity contribution < 1.29 is 38.7 Å². The van der Waals surface area contributed by atoms with Crippen molar-refractivity contribution in [1.29, 1.82) is 0 Å². The van der Waals surface area contributed by atoms with E-state index in [1.165, 1.54) is 0 Å². The molecule has 0 unspecified atom stereocenters. The zero-order chi connectivity index (χ0) is 17.2. The molecule has 2 aromatic rings. The molecule has 8 heteroatoms. The molecule has 0 heterocycles. The van der Waals surface area contributed by atoms with Crippen LogP contribution in [0.3, 0.4) is 0 Å². The van der Waals surface area contributed by atoms with Gasteiger partial charge in [0.2, 0.25) is 6.61 Å². The van der Waals surface area contributed by atoms with Gasteiger partial charge in [-0.3, -0.25) is 4.58 Å². The summed E-state index contributed by atoms with van der Waals surface area (Å²) in [5, 5.41) is 18.8. The lowest BCUT2D eigenvalue weighted by molar-refractivity contribution is -0.869. The molecule has 0 aromatic heterocycles. The van der Waals surface area contributed by atoms with Gasteiger partial charge in [0, 0.05) is 0 Å². The number of rotatable bonds is 6. The first-order chi connectivity index (χ1) is 11.7. The number of benzene rings is 2. The van der Waals surface area contributed by atoms with E-state index in [-0.39, 0.29) is 6.61 Å². The smallest absolute Gasteiger partial charge is 0.628 e. The van der Waals surface area contributed by atoms with E-state index in [2.05, 4.69) is 9.31 Å². The van der Waals surface area contributed by atoms with E-state index in [0.29, 0.717) is 11.5 Å². The Morgan fingerprint density at radius 2 is 1.50 bits per heavy atom. The van der Waals surface area contributed by atoms with Crippen LogP contribution in [-0.4, -0.2) is 30.3 Å². The first-order valence-electron chi connectivity index (χ1n) is 6.81. The van der Waals surface area contributed by atoms with Crippen LogP contribution in [0.25, 0.3) is 0 Å². The fourth-order valence-electron chi connectivity index (χ4n) is 1.67. The first-order valence-corrected chi connectivity index (χ1v) is 6.81. The molecule has 1 N–H and O–H groups in total. The van der Waals surface area contributed by atoms with Crippen molar-refractivity contribution in [1.82, 2.24) is 0 Å². The monoisotopic (exact) mass is 334 g/mol. The van der Waals surface area contributed by atoms with E-state index in [4.69, 9.17) is 19.3 Å². The third-order valence-corrected chi connectivity index (χ3v) is 2.60. The van der Waals surface area contributed by atoms with Crippen molar-refractivity contribution >= 4 is 12.3 Å². The van der Waals surface area contributed by atoms with Gasteiger partial charge in [-0.05, 0) is 24.3 Å². The Morgan fingerprint density at radius 3 is 1.92 bits per heavy atom. The third kappa shape index (κ3) is 5.76. The van der Waals surface area contributed by atoms with Crippen molar-refractivity contribution in [3.63, 3.8) is 0 Å². The predicted octanol–water partition coefficient (Wildman–Crippen LogP) is 2.11. The van der Waals surface area contributed by atoms with Crippen molar-refractivity contribution in [2.75, 3.05) is 6.61 Å². The van der Waals surface area contributed by atoms with Crippen molar-refractivity contribution in [2.45, 2.75) is 6.29 Å². The highest BCUT2D eigenvalue weighted by atomic mass is 17.1. The second-order valence-electron chi connectivity index (χ2n) is 4.30. The number of carboxylic acid groups (broad SMARTS) is 1. The largest absolute Gasteiger partial charge is 0.735 e. The quantitative estimate of drug-likeness (QED) is 0.215. The van der Waals surface area contributed by atoms with Crippen molar-refractivity contribution in [3.8, 4) is 11.5 Å². The number of carbonyl (C=O) groups excluding carboxylic acids is 1. The van der Waals surface area contributed by atoms with Gasteiger partial charge in [0.15, 0.2) is 0 Å².